The van der Waals surface area contributed by atoms with Crippen LogP contribution in [0.3, 0.4) is 0 Å². The van der Waals surface area contributed by atoms with Gasteiger partial charge in [-0.15, -0.1) is 0 Å². The van der Waals surface area contributed by atoms with Crippen LogP contribution in [-0.4, -0.2) is 71.1 Å². The average Bonchev–Trinajstić information content (AvgIpc) is 2.74. The second-order valence-corrected chi connectivity index (χ2v) is 9.49. The summed E-state index contributed by atoms with van der Waals surface area (Å²) in [5.41, 5.74) is 4.85. The van der Waals surface area contributed by atoms with Crippen molar-refractivity contribution in [3.8, 4) is 5.75 Å². The van der Waals surface area contributed by atoms with E-state index in [1.807, 2.05) is 0 Å². The van der Waals surface area contributed by atoms with E-state index in [0.29, 0.717) is 18.4 Å². The quantitative estimate of drug-likeness (QED) is 0.338. The van der Waals surface area contributed by atoms with Gasteiger partial charge in [0.05, 0.1) is 13.5 Å². The van der Waals surface area contributed by atoms with E-state index in [-0.39, 0.29) is 11.8 Å². The van der Waals surface area contributed by atoms with Crippen LogP contribution in [0.15, 0.2) is 24.3 Å². The zero-order valence-corrected chi connectivity index (χ0v) is 20.9. The van der Waals surface area contributed by atoms with Crippen LogP contribution in [0.5, 0.6) is 5.75 Å². The molecular formula is C24H34N4O8. The number of methoxy groups -OCH3 is 1. The summed E-state index contributed by atoms with van der Waals surface area (Å²) in [7, 11) is 1.17. The number of hydrogen-bond donors (Lipinski definition) is 4. The van der Waals surface area contributed by atoms with Crippen molar-refractivity contribution in [2.75, 3.05) is 13.7 Å². The van der Waals surface area contributed by atoms with Gasteiger partial charge in [0.15, 0.2) is 0 Å². The molecule has 0 bridgehead atoms. The first kappa shape index (κ1) is 28.4. The Morgan fingerprint density at radius 3 is 2.22 bits per heavy atom. The number of esters is 1. The highest BCUT2D eigenvalue weighted by Crippen LogP contribution is 2.34. The molecule has 1 aromatic carbocycles. The van der Waals surface area contributed by atoms with Gasteiger partial charge >= 0.3 is 12.1 Å². The maximum Gasteiger partial charge on any atom is 0.408 e. The number of nitrogens with zero attached hydrogens (tertiary/aromatic N) is 1. The number of benzene rings is 1. The van der Waals surface area contributed by atoms with Gasteiger partial charge in [-0.1, -0.05) is 12.1 Å². The summed E-state index contributed by atoms with van der Waals surface area (Å²) in [6.45, 7) is 4.50. The summed E-state index contributed by atoms with van der Waals surface area (Å²) < 4.78 is 9.81. The lowest BCUT2D eigenvalue weighted by atomic mass is 9.88. The van der Waals surface area contributed by atoms with E-state index in [1.165, 1.54) is 36.3 Å². The Balaban J connectivity index is 2.46. The first-order valence-corrected chi connectivity index (χ1v) is 11.6. The average molecular weight is 507 g/mol. The van der Waals surface area contributed by atoms with E-state index in [1.54, 1.807) is 20.8 Å². The SMILES string of the molecule is COC(=O)CNC(=O)C(c1ccc(O)cc1)N(C(=O)C(CC(N)=O)NC(=O)OC(C)(C)C)C1CCC1. The van der Waals surface area contributed by atoms with Crippen LogP contribution < -0.4 is 16.4 Å². The van der Waals surface area contributed by atoms with E-state index in [9.17, 15) is 29.1 Å². The van der Waals surface area contributed by atoms with Crippen LogP contribution >= 0.6 is 0 Å². The first-order valence-electron chi connectivity index (χ1n) is 11.6. The highest BCUT2D eigenvalue weighted by Gasteiger charge is 2.42. The van der Waals surface area contributed by atoms with E-state index in [4.69, 9.17) is 10.5 Å². The topological polar surface area (TPSA) is 177 Å². The molecule has 1 fully saturated rings. The largest absolute Gasteiger partial charge is 0.508 e. The van der Waals surface area contributed by atoms with Crippen molar-refractivity contribution in [1.82, 2.24) is 15.5 Å². The number of nitrogens with two attached hydrogens (primary N) is 1. The molecule has 0 heterocycles. The van der Waals surface area contributed by atoms with Crippen LogP contribution in [0.4, 0.5) is 4.79 Å². The minimum Gasteiger partial charge on any atom is -0.508 e. The molecule has 0 aliphatic heterocycles. The summed E-state index contributed by atoms with van der Waals surface area (Å²) in [5.74, 6) is -2.97. The van der Waals surface area contributed by atoms with Gasteiger partial charge in [0.1, 0.15) is 30.0 Å². The van der Waals surface area contributed by atoms with Gasteiger partial charge in [-0.3, -0.25) is 19.2 Å². The highest BCUT2D eigenvalue weighted by molar-refractivity contribution is 5.95. The minimum atomic E-state index is -1.40. The Hall–Kier alpha value is -3.83. The number of hydrogen-bond acceptors (Lipinski definition) is 8. The summed E-state index contributed by atoms with van der Waals surface area (Å²) in [6, 6.07) is 2.66. The molecule has 1 aliphatic rings. The van der Waals surface area contributed by atoms with Crippen molar-refractivity contribution < 1.29 is 38.6 Å². The molecule has 36 heavy (non-hydrogen) atoms. The third-order valence-electron chi connectivity index (χ3n) is 5.49. The number of amides is 4. The lowest BCUT2D eigenvalue weighted by Crippen LogP contribution is -2.58. The molecule has 0 saturated heterocycles. The summed E-state index contributed by atoms with van der Waals surface area (Å²) in [4.78, 5) is 64.3. The number of phenolic OH excluding ortho intramolecular Hbond substituents is 1. The number of carbonyl (C=O) groups is 5. The first-order chi connectivity index (χ1) is 16.8. The van der Waals surface area contributed by atoms with Crippen molar-refractivity contribution in [2.45, 2.75) is 70.2 Å². The molecule has 2 atom stereocenters. The van der Waals surface area contributed by atoms with Crippen molar-refractivity contribution >= 4 is 29.8 Å². The van der Waals surface area contributed by atoms with Gasteiger partial charge < -0.3 is 35.8 Å². The number of ether oxygens (including phenoxy) is 2. The summed E-state index contributed by atoms with van der Waals surface area (Å²) in [6.07, 6.45) is 0.529. The van der Waals surface area contributed by atoms with E-state index in [0.717, 1.165) is 6.42 Å². The van der Waals surface area contributed by atoms with Gasteiger partial charge in [0.2, 0.25) is 17.7 Å². The number of phenols is 1. The molecule has 1 aliphatic carbocycles. The maximum atomic E-state index is 13.8. The van der Waals surface area contributed by atoms with E-state index < -0.39 is 60.4 Å². The standard InChI is InChI=1S/C24H34N4O8/c1-24(2,3)36-23(34)27-17(12-18(25)30)22(33)28(15-6-5-7-15)20(14-8-10-16(29)11-9-14)21(32)26-13-19(31)35-4/h8-11,15,17,20,29H,5-7,12-13H2,1-4H3,(H2,25,30)(H,26,32)(H,27,34). The Kier molecular flexibility index (Phi) is 9.65. The predicted molar refractivity (Wildman–Crippen MR) is 127 cm³/mol. The van der Waals surface area contributed by atoms with Crippen molar-refractivity contribution in [1.29, 1.82) is 0 Å². The molecule has 12 heteroatoms. The lowest BCUT2D eigenvalue weighted by molar-refractivity contribution is -0.149. The molecule has 1 aromatic rings. The zero-order valence-electron chi connectivity index (χ0n) is 20.9. The predicted octanol–water partition coefficient (Wildman–Crippen LogP) is 0.872. The van der Waals surface area contributed by atoms with Gasteiger partial charge in [0.25, 0.3) is 0 Å². The Labute approximate surface area is 209 Å². The van der Waals surface area contributed by atoms with Gasteiger partial charge in [-0.2, -0.15) is 0 Å². The summed E-state index contributed by atoms with van der Waals surface area (Å²) >= 11 is 0. The van der Waals surface area contributed by atoms with Crippen LogP contribution in [0.1, 0.15) is 58.1 Å². The second-order valence-electron chi connectivity index (χ2n) is 9.49. The fourth-order valence-corrected chi connectivity index (χ4v) is 3.64. The van der Waals surface area contributed by atoms with E-state index in [2.05, 4.69) is 15.4 Å². The molecule has 2 unspecified atom stereocenters. The Bertz CT molecular complexity index is 969. The van der Waals surface area contributed by atoms with Crippen molar-refractivity contribution in [3.05, 3.63) is 29.8 Å². The van der Waals surface area contributed by atoms with Crippen LogP contribution in [0, 0.1) is 0 Å². The number of aromatic hydroxyl groups is 1. The molecule has 0 spiro atoms. The molecule has 1 saturated carbocycles. The van der Waals surface area contributed by atoms with Crippen molar-refractivity contribution in [2.24, 2.45) is 5.73 Å². The molecule has 0 aromatic heterocycles. The Morgan fingerprint density at radius 2 is 1.75 bits per heavy atom. The van der Waals surface area contributed by atoms with Crippen molar-refractivity contribution in [3.63, 3.8) is 0 Å². The van der Waals surface area contributed by atoms with Crippen LogP contribution in [0.25, 0.3) is 0 Å². The third kappa shape index (κ3) is 8.14. The number of rotatable bonds is 10. The van der Waals surface area contributed by atoms with Crippen LogP contribution in [0.2, 0.25) is 0 Å². The molecule has 4 amide bonds. The number of nitrogens with one attached hydrogen (secondary N) is 2. The van der Waals surface area contributed by atoms with E-state index >= 15 is 0 Å². The Morgan fingerprint density at radius 1 is 1.14 bits per heavy atom. The molecule has 12 nitrogen and oxygen atoms in total. The fourth-order valence-electron chi connectivity index (χ4n) is 3.64. The molecule has 2 rings (SSSR count). The monoisotopic (exact) mass is 506 g/mol. The van der Waals surface area contributed by atoms with Gasteiger partial charge in [-0.05, 0) is 57.7 Å². The number of carbonyl (C=O) groups excluding carboxylic acids is 5. The number of alkyl carbamates (subject to hydrolysis) is 1. The minimum absolute atomic E-state index is 0.0489. The fraction of sp³-hybridized carbons (Fsp3) is 0.542. The van der Waals surface area contributed by atoms with Gasteiger partial charge in [-0.25, -0.2) is 4.79 Å². The number of primary amides is 1. The molecule has 198 valence electrons. The normalized spacial score (nSPS) is 15.0. The second kappa shape index (κ2) is 12.2. The highest BCUT2D eigenvalue weighted by atomic mass is 16.6. The summed E-state index contributed by atoms with van der Waals surface area (Å²) in [5, 5.41) is 14.6. The third-order valence-corrected chi connectivity index (χ3v) is 5.49. The zero-order chi connectivity index (χ0) is 27.0. The molecule has 5 N–H and O–H groups in total. The van der Waals surface area contributed by atoms with Crippen LogP contribution in [-0.2, 0) is 28.7 Å². The smallest absolute Gasteiger partial charge is 0.408 e. The molecular weight excluding hydrogens is 472 g/mol. The maximum absolute atomic E-state index is 13.8. The molecule has 0 radical (unpaired) electrons. The van der Waals surface area contributed by atoms with Gasteiger partial charge in [0, 0.05) is 6.04 Å². The lowest BCUT2D eigenvalue weighted by Gasteiger charge is -2.43.